The third kappa shape index (κ3) is 5.59. The standard InChI is InChI=1S/C18H16FNO5S/c1-11(21)20-12-4-5-13(14(19)9-12)16(23)10-25-18(24)7-6-15(22)17-3-2-8-26-17/h2-5,8-9H,6-7,10H2,1H3,(H,20,21). The molecule has 0 aliphatic rings. The second-order valence-corrected chi connectivity index (χ2v) is 6.31. The number of rotatable bonds is 8. The molecular weight excluding hydrogens is 361 g/mol. The van der Waals surface area contributed by atoms with Crippen LogP contribution in [0, 0.1) is 5.82 Å². The summed E-state index contributed by atoms with van der Waals surface area (Å²) < 4.78 is 18.7. The number of halogens is 1. The number of thiophene rings is 1. The predicted molar refractivity (Wildman–Crippen MR) is 93.9 cm³/mol. The van der Waals surface area contributed by atoms with Gasteiger partial charge in [0.05, 0.1) is 16.9 Å². The second kappa shape index (κ2) is 9.00. The number of hydrogen-bond donors (Lipinski definition) is 1. The number of amides is 1. The first kappa shape index (κ1) is 19.5. The summed E-state index contributed by atoms with van der Waals surface area (Å²) in [7, 11) is 0. The van der Waals surface area contributed by atoms with Crippen molar-refractivity contribution in [1.29, 1.82) is 0 Å². The minimum Gasteiger partial charge on any atom is -0.457 e. The maximum atomic E-state index is 13.9. The van der Waals surface area contributed by atoms with Gasteiger partial charge in [-0.1, -0.05) is 6.07 Å². The molecular formula is C18H16FNO5S. The third-order valence-corrected chi connectivity index (χ3v) is 4.22. The molecule has 0 saturated carbocycles. The Morgan fingerprint density at radius 2 is 1.88 bits per heavy atom. The summed E-state index contributed by atoms with van der Waals surface area (Å²) in [6.07, 6.45) is -0.179. The van der Waals surface area contributed by atoms with E-state index in [-0.39, 0.29) is 35.8 Å². The maximum absolute atomic E-state index is 13.9. The molecule has 1 aromatic carbocycles. The lowest BCUT2D eigenvalue weighted by Gasteiger charge is -2.07. The van der Waals surface area contributed by atoms with Gasteiger partial charge in [0.15, 0.2) is 12.4 Å². The van der Waals surface area contributed by atoms with Gasteiger partial charge >= 0.3 is 5.97 Å². The Kier molecular flexibility index (Phi) is 6.74. The van der Waals surface area contributed by atoms with Crippen LogP contribution in [0.1, 0.15) is 39.8 Å². The lowest BCUT2D eigenvalue weighted by molar-refractivity contribution is -0.142. The minimum absolute atomic E-state index is 0.0205. The number of esters is 1. The van der Waals surface area contributed by atoms with E-state index in [9.17, 15) is 23.6 Å². The van der Waals surface area contributed by atoms with Crippen LogP contribution >= 0.6 is 11.3 Å². The Hall–Kier alpha value is -2.87. The highest BCUT2D eigenvalue weighted by atomic mass is 32.1. The van der Waals surface area contributed by atoms with Gasteiger partial charge in [0.1, 0.15) is 5.82 Å². The highest BCUT2D eigenvalue weighted by Crippen LogP contribution is 2.16. The summed E-state index contributed by atoms with van der Waals surface area (Å²) in [4.78, 5) is 46.9. The average molecular weight is 377 g/mol. The van der Waals surface area contributed by atoms with Crippen LogP contribution in [-0.4, -0.2) is 30.0 Å². The largest absolute Gasteiger partial charge is 0.457 e. The van der Waals surface area contributed by atoms with E-state index in [1.807, 2.05) is 0 Å². The van der Waals surface area contributed by atoms with Crippen molar-refractivity contribution in [2.24, 2.45) is 0 Å². The van der Waals surface area contributed by atoms with Crippen molar-refractivity contribution in [2.45, 2.75) is 19.8 Å². The normalized spacial score (nSPS) is 10.2. The molecule has 1 heterocycles. The van der Waals surface area contributed by atoms with E-state index in [1.165, 1.54) is 30.4 Å². The van der Waals surface area contributed by atoms with E-state index in [2.05, 4.69) is 5.32 Å². The van der Waals surface area contributed by atoms with Gasteiger partial charge in [-0.05, 0) is 29.6 Å². The van der Waals surface area contributed by atoms with Crippen molar-refractivity contribution in [3.63, 3.8) is 0 Å². The Labute approximate surface area is 153 Å². The van der Waals surface area contributed by atoms with E-state index >= 15 is 0 Å². The van der Waals surface area contributed by atoms with Gasteiger partial charge in [-0.3, -0.25) is 19.2 Å². The van der Waals surface area contributed by atoms with Crippen molar-refractivity contribution in [1.82, 2.24) is 0 Å². The molecule has 0 spiro atoms. The highest BCUT2D eigenvalue weighted by Gasteiger charge is 2.16. The van der Waals surface area contributed by atoms with E-state index in [4.69, 9.17) is 4.74 Å². The summed E-state index contributed by atoms with van der Waals surface area (Å²) in [6.45, 7) is 0.655. The number of ether oxygens (including phenoxy) is 1. The van der Waals surface area contributed by atoms with Gasteiger partial charge in [-0.2, -0.15) is 0 Å². The van der Waals surface area contributed by atoms with Gasteiger partial charge in [0.25, 0.3) is 0 Å². The number of nitrogens with one attached hydrogen (secondary N) is 1. The molecule has 1 amide bonds. The molecule has 8 heteroatoms. The monoisotopic (exact) mass is 377 g/mol. The number of hydrogen-bond acceptors (Lipinski definition) is 6. The number of Topliss-reactive ketones (excluding diaryl/α,β-unsaturated/α-hetero) is 2. The van der Waals surface area contributed by atoms with Crippen LogP contribution in [-0.2, 0) is 14.3 Å². The second-order valence-electron chi connectivity index (χ2n) is 5.36. The number of carbonyl (C=O) groups excluding carboxylic acids is 4. The smallest absolute Gasteiger partial charge is 0.306 e. The summed E-state index contributed by atoms with van der Waals surface area (Å²) in [5.74, 6) is -2.80. The first-order valence-corrected chi connectivity index (χ1v) is 8.57. The first-order chi connectivity index (χ1) is 12.4. The number of benzene rings is 1. The number of anilines is 1. The molecule has 0 radical (unpaired) electrons. The molecule has 0 aliphatic carbocycles. The average Bonchev–Trinajstić information content (AvgIpc) is 3.11. The van der Waals surface area contributed by atoms with E-state index < -0.39 is 24.2 Å². The van der Waals surface area contributed by atoms with Gasteiger partial charge in [-0.15, -0.1) is 11.3 Å². The van der Waals surface area contributed by atoms with Gasteiger partial charge in [0, 0.05) is 19.0 Å². The molecule has 0 fully saturated rings. The Morgan fingerprint density at radius 1 is 1.12 bits per heavy atom. The molecule has 1 aromatic heterocycles. The van der Waals surface area contributed by atoms with Crippen LogP contribution in [0.3, 0.4) is 0 Å². The first-order valence-electron chi connectivity index (χ1n) is 7.69. The summed E-state index contributed by atoms with van der Waals surface area (Å²) in [5, 5.41) is 4.15. The molecule has 0 unspecified atom stereocenters. The quantitative estimate of drug-likeness (QED) is 0.563. The van der Waals surface area contributed by atoms with Crippen molar-refractivity contribution in [2.75, 3.05) is 11.9 Å². The Morgan fingerprint density at radius 3 is 2.50 bits per heavy atom. The minimum atomic E-state index is -0.829. The van der Waals surface area contributed by atoms with Gasteiger partial charge < -0.3 is 10.1 Å². The molecule has 0 aliphatic heterocycles. The van der Waals surface area contributed by atoms with Crippen molar-refractivity contribution in [3.05, 3.63) is 52.0 Å². The molecule has 2 aromatic rings. The fraction of sp³-hybridized carbons (Fsp3) is 0.222. The molecule has 136 valence electrons. The molecule has 0 atom stereocenters. The SMILES string of the molecule is CC(=O)Nc1ccc(C(=O)COC(=O)CCC(=O)c2cccs2)c(F)c1. The lowest BCUT2D eigenvalue weighted by atomic mass is 10.1. The topological polar surface area (TPSA) is 89.5 Å². The third-order valence-electron chi connectivity index (χ3n) is 3.31. The zero-order valence-corrected chi connectivity index (χ0v) is 14.7. The molecule has 26 heavy (non-hydrogen) atoms. The summed E-state index contributed by atoms with van der Waals surface area (Å²) in [6, 6.07) is 6.99. The van der Waals surface area contributed by atoms with Crippen LogP contribution < -0.4 is 5.32 Å². The van der Waals surface area contributed by atoms with Crippen LogP contribution in [0.5, 0.6) is 0 Å². The van der Waals surface area contributed by atoms with Crippen LogP contribution in [0.2, 0.25) is 0 Å². The molecule has 0 bridgehead atoms. The molecule has 2 rings (SSSR count). The van der Waals surface area contributed by atoms with Crippen LogP contribution in [0.25, 0.3) is 0 Å². The maximum Gasteiger partial charge on any atom is 0.306 e. The van der Waals surface area contributed by atoms with Crippen LogP contribution in [0.4, 0.5) is 10.1 Å². The van der Waals surface area contributed by atoms with E-state index in [0.717, 1.165) is 6.07 Å². The predicted octanol–water partition coefficient (Wildman–Crippen LogP) is 3.23. The van der Waals surface area contributed by atoms with E-state index in [0.29, 0.717) is 4.88 Å². The fourth-order valence-electron chi connectivity index (χ4n) is 2.09. The van der Waals surface area contributed by atoms with Crippen LogP contribution in [0.15, 0.2) is 35.7 Å². The number of ketones is 2. The number of carbonyl (C=O) groups is 4. The van der Waals surface area contributed by atoms with Crippen molar-refractivity contribution in [3.8, 4) is 0 Å². The Balaban J connectivity index is 1.83. The van der Waals surface area contributed by atoms with Crippen molar-refractivity contribution < 1.29 is 28.3 Å². The zero-order valence-electron chi connectivity index (χ0n) is 13.9. The molecule has 1 N–H and O–H groups in total. The summed E-state index contributed by atoms with van der Waals surface area (Å²) in [5.41, 5.74) is -0.0304. The fourth-order valence-corrected chi connectivity index (χ4v) is 2.79. The highest BCUT2D eigenvalue weighted by molar-refractivity contribution is 7.12. The summed E-state index contributed by atoms with van der Waals surface area (Å²) >= 11 is 1.28. The zero-order chi connectivity index (χ0) is 19.1. The Bertz CT molecular complexity index is 832. The van der Waals surface area contributed by atoms with Gasteiger partial charge in [-0.25, -0.2) is 4.39 Å². The van der Waals surface area contributed by atoms with E-state index in [1.54, 1.807) is 17.5 Å². The van der Waals surface area contributed by atoms with Gasteiger partial charge in [0.2, 0.25) is 11.7 Å². The molecule has 6 nitrogen and oxygen atoms in total. The lowest BCUT2D eigenvalue weighted by Crippen LogP contribution is -2.16. The van der Waals surface area contributed by atoms with Crippen molar-refractivity contribution >= 4 is 40.5 Å². The molecule has 0 saturated heterocycles.